The van der Waals surface area contributed by atoms with Crippen molar-refractivity contribution in [1.29, 1.82) is 0 Å². The van der Waals surface area contributed by atoms with Gasteiger partial charge < -0.3 is 9.16 Å². The Bertz CT molecular complexity index is 373. The SMILES string of the molecule is C[C@H](COCCCO[Si](C)(C)C(C)(C)C)CS(=O)(=O)O. The zero-order valence-corrected chi connectivity index (χ0v) is 15.4. The van der Waals surface area contributed by atoms with E-state index in [4.69, 9.17) is 13.7 Å². The summed E-state index contributed by atoms with van der Waals surface area (Å²) in [6.07, 6.45) is 0.797. The molecular weight excluding hydrogens is 296 g/mol. The molecule has 0 aliphatic rings. The Kier molecular flexibility index (Phi) is 7.90. The van der Waals surface area contributed by atoms with Crippen molar-refractivity contribution in [2.45, 2.75) is 52.2 Å². The molecule has 0 spiro atoms. The largest absolute Gasteiger partial charge is 0.417 e. The molecule has 0 saturated carbocycles. The molecule has 0 unspecified atom stereocenters. The van der Waals surface area contributed by atoms with Crippen LogP contribution in [0.4, 0.5) is 0 Å². The molecule has 122 valence electrons. The van der Waals surface area contributed by atoms with Crippen molar-refractivity contribution in [3.05, 3.63) is 0 Å². The van der Waals surface area contributed by atoms with Crippen molar-refractivity contribution in [2.75, 3.05) is 25.6 Å². The molecule has 0 aliphatic heterocycles. The molecule has 0 saturated heterocycles. The fourth-order valence-corrected chi connectivity index (χ4v) is 3.30. The van der Waals surface area contributed by atoms with Gasteiger partial charge in [0.1, 0.15) is 0 Å². The number of ether oxygens (including phenoxy) is 1. The van der Waals surface area contributed by atoms with Gasteiger partial charge in [0.15, 0.2) is 8.32 Å². The summed E-state index contributed by atoms with van der Waals surface area (Å²) in [6.45, 7) is 14.3. The first-order chi connectivity index (χ1) is 8.85. The minimum absolute atomic E-state index is 0.202. The number of rotatable bonds is 9. The quantitative estimate of drug-likeness (QED) is 0.401. The van der Waals surface area contributed by atoms with Crippen LogP contribution >= 0.6 is 0 Å². The van der Waals surface area contributed by atoms with Gasteiger partial charge in [-0.2, -0.15) is 8.42 Å². The van der Waals surface area contributed by atoms with Crippen molar-refractivity contribution < 1.29 is 22.1 Å². The molecule has 0 fully saturated rings. The lowest BCUT2D eigenvalue weighted by Gasteiger charge is -2.36. The lowest BCUT2D eigenvalue weighted by atomic mass is 10.2. The second-order valence-electron chi connectivity index (χ2n) is 6.89. The summed E-state index contributed by atoms with van der Waals surface area (Å²) in [5.41, 5.74) is 0. The molecule has 0 aromatic heterocycles. The van der Waals surface area contributed by atoms with E-state index in [2.05, 4.69) is 33.9 Å². The zero-order chi connectivity index (χ0) is 16.0. The van der Waals surface area contributed by atoms with E-state index in [1.165, 1.54) is 0 Å². The maximum absolute atomic E-state index is 10.7. The predicted octanol–water partition coefficient (Wildman–Crippen LogP) is 2.94. The fourth-order valence-electron chi connectivity index (χ4n) is 1.40. The lowest BCUT2D eigenvalue weighted by Crippen LogP contribution is -2.41. The summed E-state index contributed by atoms with van der Waals surface area (Å²) in [7, 11) is -5.59. The van der Waals surface area contributed by atoms with Crippen LogP contribution in [0.3, 0.4) is 0 Å². The van der Waals surface area contributed by atoms with E-state index in [0.717, 1.165) is 6.42 Å². The molecule has 7 heteroatoms. The Balaban J connectivity index is 3.74. The van der Waals surface area contributed by atoms with Gasteiger partial charge in [0.05, 0.1) is 12.4 Å². The van der Waals surface area contributed by atoms with Gasteiger partial charge in [0.25, 0.3) is 10.1 Å². The first kappa shape index (κ1) is 20.0. The monoisotopic (exact) mass is 326 g/mol. The summed E-state index contributed by atoms with van der Waals surface area (Å²) < 4.78 is 41.4. The molecule has 0 amide bonds. The highest BCUT2D eigenvalue weighted by molar-refractivity contribution is 7.85. The molecule has 20 heavy (non-hydrogen) atoms. The maximum Gasteiger partial charge on any atom is 0.265 e. The topological polar surface area (TPSA) is 72.8 Å². The van der Waals surface area contributed by atoms with E-state index in [-0.39, 0.29) is 16.7 Å². The standard InChI is InChI=1S/C13H30O5SSi/c1-12(11-19(14,15)16)10-17-8-7-9-18-20(5,6)13(2,3)4/h12H,7-11H2,1-6H3,(H,14,15,16)/t12-/m1/s1. The van der Waals surface area contributed by atoms with Crippen LogP contribution in [-0.4, -0.2) is 46.9 Å². The van der Waals surface area contributed by atoms with Gasteiger partial charge in [-0.15, -0.1) is 0 Å². The number of hydrogen-bond acceptors (Lipinski definition) is 4. The maximum atomic E-state index is 10.7. The fraction of sp³-hybridized carbons (Fsp3) is 1.00. The van der Waals surface area contributed by atoms with Gasteiger partial charge in [-0.25, -0.2) is 0 Å². The summed E-state index contributed by atoms with van der Waals surface area (Å²) >= 11 is 0. The lowest BCUT2D eigenvalue weighted by molar-refractivity contribution is 0.0968. The predicted molar refractivity (Wildman–Crippen MR) is 84.2 cm³/mol. The first-order valence-electron chi connectivity index (χ1n) is 7.02. The van der Waals surface area contributed by atoms with E-state index >= 15 is 0 Å². The van der Waals surface area contributed by atoms with Crippen LogP contribution in [-0.2, 0) is 19.3 Å². The van der Waals surface area contributed by atoms with Gasteiger partial charge in [-0.05, 0) is 30.5 Å². The highest BCUT2D eigenvalue weighted by Gasteiger charge is 2.36. The normalized spacial score (nSPS) is 15.3. The van der Waals surface area contributed by atoms with Gasteiger partial charge in [0, 0.05) is 13.2 Å². The molecule has 0 aliphatic carbocycles. The van der Waals surface area contributed by atoms with Crippen LogP contribution in [0.1, 0.15) is 34.1 Å². The summed E-state index contributed by atoms with van der Waals surface area (Å²) in [4.78, 5) is 0. The molecule has 0 rings (SSSR count). The Morgan fingerprint density at radius 2 is 1.75 bits per heavy atom. The van der Waals surface area contributed by atoms with Crippen LogP contribution in [0.25, 0.3) is 0 Å². The summed E-state index contributed by atoms with van der Waals surface area (Å²) in [5, 5.41) is 0.206. The molecular formula is C13H30O5SSi. The van der Waals surface area contributed by atoms with Gasteiger partial charge in [-0.3, -0.25) is 4.55 Å². The van der Waals surface area contributed by atoms with Crippen LogP contribution in [0, 0.1) is 5.92 Å². The minimum Gasteiger partial charge on any atom is -0.417 e. The molecule has 0 heterocycles. The number of hydrogen-bond donors (Lipinski definition) is 1. The van der Waals surface area contributed by atoms with Crippen LogP contribution in [0.2, 0.25) is 18.1 Å². The third-order valence-electron chi connectivity index (χ3n) is 3.60. The van der Waals surface area contributed by atoms with E-state index in [0.29, 0.717) is 19.8 Å². The van der Waals surface area contributed by atoms with Crippen molar-refractivity contribution in [3.63, 3.8) is 0 Å². The first-order valence-corrected chi connectivity index (χ1v) is 11.5. The summed E-state index contributed by atoms with van der Waals surface area (Å²) in [5.74, 6) is -0.459. The Hall–Kier alpha value is 0.0469. The van der Waals surface area contributed by atoms with Crippen LogP contribution < -0.4 is 0 Å². The second-order valence-corrected chi connectivity index (χ2v) is 13.2. The molecule has 1 atom stereocenters. The van der Waals surface area contributed by atoms with Gasteiger partial charge >= 0.3 is 0 Å². The molecule has 0 aromatic carbocycles. The molecule has 1 N–H and O–H groups in total. The van der Waals surface area contributed by atoms with Crippen molar-refractivity contribution in [1.82, 2.24) is 0 Å². The highest BCUT2D eigenvalue weighted by Crippen LogP contribution is 2.36. The van der Waals surface area contributed by atoms with E-state index in [9.17, 15) is 8.42 Å². The molecule has 5 nitrogen and oxygen atoms in total. The van der Waals surface area contributed by atoms with Crippen molar-refractivity contribution >= 4 is 18.4 Å². The van der Waals surface area contributed by atoms with Crippen molar-refractivity contribution in [2.24, 2.45) is 5.92 Å². The van der Waals surface area contributed by atoms with E-state index in [1.54, 1.807) is 6.92 Å². The van der Waals surface area contributed by atoms with Crippen molar-refractivity contribution in [3.8, 4) is 0 Å². The molecule has 0 aromatic rings. The molecule has 0 radical (unpaired) electrons. The zero-order valence-electron chi connectivity index (χ0n) is 13.6. The second kappa shape index (κ2) is 7.89. The average molecular weight is 327 g/mol. The van der Waals surface area contributed by atoms with Crippen LogP contribution in [0.15, 0.2) is 0 Å². The highest BCUT2D eigenvalue weighted by atomic mass is 32.2. The Morgan fingerprint density at radius 1 is 1.20 bits per heavy atom. The van der Waals surface area contributed by atoms with E-state index < -0.39 is 18.4 Å². The third kappa shape index (κ3) is 9.07. The average Bonchev–Trinajstić information content (AvgIpc) is 2.18. The van der Waals surface area contributed by atoms with Gasteiger partial charge in [0.2, 0.25) is 0 Å². The smallest absolute Gasteiger partial charge is 0.265 e. The Labute approximate surface area is 124 Å². The van der Waals surface area contributed by atoms with Gasteiger partial charge in [-0.1, -0.05) is 27.7 Å². The summed E-state index contributed by atoms with van der Waals surface area (Å²) in [6, 6.07) is 0. The minimum atomic E-state index is -3.91. The third-order valence-corrected chi connectivity index (χ3v) is 9.13. The van der Waals surface area contributed by atoms with E-state index in [1.807, 2.05) is 0 Å². The Morgan fingerprint density at radius 3 is 2.20 bits per heavy atom. The molecule has 0 bridgehead atoms. The van der Waals surface area contributed by atoms with Crippen LogP contribution in [0.5, 0.6) is 0 Å².